The van der Waals surface area contributed by atoms with E-state index < -0.39 is 23.4 Å². The number of carbonyl (C=O) groups excluding carboxylic acids is 1. The summed E-state index contributed by atoms with van der Waals surface area (Å²) in [5.74, 6) is -4.83. The van der Waals surface area contributed by atoms with Crippen molar-refractivity contribution in [1.82, 2.24) is 4.98 Å². The van der Waals surface area contributed by atoms with Crippen LogP contribution in [0.25, 0.3) is 10.9 Å². The van der Waals surface area contributed by atoms with Gasteiger partial charge in [-0.1, -0.05) is 6.07 Å². The molecule has 0 aliphatic carbocycles. The largest absolute Gasteiger partial charge is 0.361 e. The van der Waals surface area contributed by atoms with Crippen LogP contribution in [0.5, 0.6) is 0 Å². The molecule has 2 aromatic carbocycles. The molecule has 3 nitrogen and oxygen atoms in total. The van der Waals surface area contributed by atoms with E-state index in [0.29, 0.717) is 5.56 Å². The van der Waals surface area contributed by atoms with E-state index in [1.54, 1.807) is 24.4 Å². The molecule has 6 heteroatoms. The molecule has 0 unspecified atom stereocenters. The second kappa shape index (κ2) is 4.97. The Bertz CT molecular complexity index is 819. The number of fused-ring (bicyclic) bond motifs is 1. The van der Waals surface area contributed by atoms with Gasteiger partial charge in [0.1, 0.15) is 0 Å². The Morgan fingerprint density at radius 2 is 1.71 bits per heavy atom. The summed E-state index contributed by atoms with van der Waals surface area (Å²) in [5.41, 5.74) is 0.928. The standard InChI is InChI=1S/C15H9F3N2O/c16-11-6-10(7-12(17)14(11)18)20-15(21)9-2-1-8-3-4-19-13(8)5-9/h1-7,19H,(H,20,21). The van der Waals surface area contributed by atoms with Gasteiger partial charge >= 0.3 is 0 Å². The Balaban J connectivity index is 1.88. The third-order valence-electron chi connectivity index (χ3n) is 3.06. The third kappa shape index (κ3) is 2.47. The van der Waals surface area contributed by atoms with E-state index in [4.69, 9.17) is 0 Å². The van der Waals surface area contributed by atoms with Crippen LogP contribution in [0.1, 0.15) is 10.4 Å². The summed E-state index contributed by atoms with van der Waals surface area (Å²) < 4.78 is 39.0. The average Bonchev–Trinajstić information content (AvgIpc) is 2.91. The Morgan fingerprint density at radius 1 is 1.00 bits per heavy atom. The molecule has 0 atom stereocenters. The number of hydrogen-bond donors (Lipinski definition) is 2. The Morgan fingerprint density at radius 3 is 2.43 bits per heavy atom. The number of rotatable bonds is 2. The number of aromatic amines is 1. The van der Waals surface area contributed by atoms with Crippen LogP contribution in [0, 0.1) is 17.5 Å². The van der Waals surface area contributed by atoms with Gasteiger partial charge in [-0.2, -0.15) is 0 Å². The van der Waals surface area contributed by atoms with Gasteiger partial charge in [-0.3, -0.25) is 4.79 Å². The Labute approximate surface area is 117 Å². The third-order valence-corrected chi connectivity index (χ3v) is 3.06. The van der Waals surface area contributed by atoms with Crippen molar-refractivity contribution in [3.05, 3.63) is 65.6 Å². The maximum atomic E-state index is 13.1. The molecule has 0 aliphatic heterocycles. The van der Waals surface area contributed by atoms with E-state index >= 15 is 0 Å². The van der Waals surface area contributed by atoms with E-state index in [1.807, 2.05) is 6.07 Å². The molecule has 2 N–H and O–H groups in total. The first-order valence-corrected chi connectivity index (χ1v) is 6.07. The summed E-state index contributed by atoms with van der Waals surface area (Å²) in [6.07, 6.45) is 1.73. The van der Waals surface area contributed by atoms with Crippen molar-refractivity contribution in [2.45, 2.75) is 0 Å². The molecule has 1 amide bonds. The minimum Gasteiger partial charge on any atom is -0.361 e. The van der Waals surface area contributed by atoms with Gasteiger partial charge in [-0.15, -0.1) is 0 Å². The van der Waals surface area contributed by atoms with Crippen molar-refractivity contribution in [2.75, 3.05) is 5.32 Å². The van der Waals surface area contributed by atoms with Crippen LogP contribution < -0.4 is 5.32 Å². The average molecular weight is 290 g/mol. The second-order valence-corrected chi connectivity index (χ2v) is 4.49. The van der Waals surface area contributed by atoms with E-state index in [9.17, 15) is 18.0 Å². The van der Waals surface area contributed by atoms with Crippen LogP contribution in [0.4, 0.5) is 18.9 Å². The monoisotopic (exact) mass is 290 g/mol. The number of hydrogen-bond acceptors (Lipinski definition) is 1. The van der Waals surface area contributed by atoms with Crippen LogP contribution in [0.3, 0.4) is 0 Å². The van der Waals surface area contributed by atoms with Gasteiger partial charge < -0.3 is 10.3 Å². The fraction of sp³-hybridized carbons (Fsp3) is 0. The molecule has 0 fully saturated rings. The molecule has 106 valence electrons. The number of halogens is 3. The smallest absolute Gasteiger partial charge is 0.255 e. The first-order valence-electron chi connectivity index (χ1n) is 6.07. The van der Waals surface area contributed by atoms with Crippen molar-refractivity contribution < 1.29 is 18.0 Å². The highest BCUT2D eigenvalue weighted by molar-refractivity contribution is 6.06. The number of amides is 1. The molecule has 1 heterocycles. The fourth-order valence-electron chi connectivity index (χ4n) is 2.02. The van der Waals surface area contributed by atoms with Crippen molar-refractivity contribution in [3.8, 4) is 0 Å². The molecule has 3 rings (SSSR count). The quantitative estimate of drug-likeness (QED) is 0.692. The van der Waals surface area contributed by atoms with Crippen LogP contribution >= 0.6 is 0 Å². The summed E-state index contributed by atoms with van der Waals surface area (Å²) in [7, 11) is 0. The molecular formula is C15H9F3N2O. The second-order valence-electron chi connectivity index (χ2n) is 4.49. The number of H-pyrrole nitrogens is 1. The lowest BCUT2D eigenvalue weighted by Crippen LogP contribution is -2.12. The number of anilines is 1. The number of benzene rings is 2. The fourth-order valence-corrected chi connectivity index (χ4v) is 2.02. The molecule has 1 aromatic heterocycles. The number of aromatic nitrogens is 1. The van der Waals surface area contributed by atoms with E-state index in [1.165, 1.54) is 0 Å². The number of carbonyl (C=O) groups is 1. The minimum absolute atomic E-state index is 0.150. The van der Waals surface area contributed by atoms with Gasteiger partial charge in [0, 0.05) is 35.1 Å². The van der Waals surface area contributed by atoms with Gasteiger partial charge in [-0.05, 0) is 23.6 Å². The molecule has 0 spiro atoms. The zero-order chi connectivity index (χ0) is 15.0. The Hall–Kier alpha value is -2.76. The minimum atomic E-state index is -1.57. The number of nitrogens with one attached hydrogen (secondary N) is 2. The predicted octanol–water partition coefficient (Wildman–Crippen LogP) is 3.84. The van der Waals surface area contributed by atoms with E-state index in [-0.39, 0.29) is 5.69 Å². The summed E-state index contributed by atoms with van der Waals surface area (Å²) in [4.78, 5) is 15.0. The van der Waals surface area contributed by atoms with Gasteiger partial charge in [0.05, 0.1) is 0 Å². The summed E-state index contributed by atoms with van der Waals surface area (Å²) in [6, 6.07) is 8.24. The lowest BCUT2D eigenvalue weighted by atomic mass is 10.1. The Kier molecular flexibility index (Phi) is 3.13. The van der Waals surface area contributed by atoms with Crippen LogP contribution in [-0.2, 0) is 0 Å². The summed E-state index contributed by atoms with van der Waals surface area (Å²) in [5, 5.41) is 3.26. The lowest BCUT2D eigenvalue weighted by Gasteiger charge is -2.06. The maximum Gasteiger partial charge on any atom is 0.255 e. The van der Waals surface area contributed by atoms with Crippen molar-refractivity contribution in [3.63, 3.8) is 0 Å². The predicted molar refractivity (Wildman–Crippen MR) is 72.6 cm³/mol. The van der Waals surface area contributed by atoms with Crippen molar-refractivity contribution in [1.29, 1.82) is 0 Å². The first-order chi connectivity index (χ1) is 10.0. The van der Waals surface area contributed by atoms with Crippen molar-refractivity contribution >= 4 is 22.5 Å². The SMILES string of the molecule is O=C(Nc1cc(F)c(F)c(F)c1)c1ccc2cc[nH]c2c1. The zero-order valence-corrected chi connectivity index (χ0v) is 10.6. The highest BCUT2D eigenvalue weighted by atomic mass is 19.2. The molecule has 3 aromatic rings. The molecule has 0 radical (unpaired) electrons. The van der Waals surface area contributed by atoms with Gasteiger partial charge in [-0.25, -0.2) is 13.2 Å². The lowest BCUT2D eigenvalue weighted by molar-refractivity contribution is 0.102. The van der Waals surface area contributed by atoms with Gasteiger partial charge in [0.15, 0.2) is 17.5 Å². The maximum absolute atomic E-state index is 13.1. The van der Waals surface area contributed by atoms with Crippen LogP contribution in [-0.4, -0.2) is 10.9 Å². The molecule has 0 saturated heterocycles. The van der Waals surface area contributed by atoms with Gasteiger partial charge in [0.25, 0.3) is 5.91 Å². The zero-order valence-electron chi connectivity index (χ0n) is 10.6. The highest BCUT2D eigenvalue weighted by Gasteiger charge is 2.13. The van der Waals surface area contributed by atoms with Crippen LogP contribution in [0.2, 0.25) is 0 Å². The summed E-state index contributed by atoms with van der Waals surface area (Å²) >= 11 is 0. The summed E-state index contributed by atoms with van der Waals surface area (Å²) in [6.45, 7) is 0. The molecule has 21 heavy (non-hydrogen) atoms. The molecule has 0 bridgehead atoms. The van der Waals surface area contributed by atoms with Crippen molar-refractivity contribution in [2.24, 2.45) is 0 Å². The molecular weight excluding hydrogens is 281 g/mol. The van der Waals surface area contributed by atoms with Gasteiger partial charge in [0.2, 0.25) is 0 Å². The molecule has 0 saturated carbocycles. The normalized spacial score (nSPS) is 10.8. The van der Waals surface area contributed by atoms with E-state index in [0.717, 1.165) is 23.0 Å². The van der Waals surface area contributed by atoms with Crippen LogP contribution in [0.15, 0.2) is 42.6 Å². The molecule has 0 aliphatic rings. The highest BCUT2D eigenvalue weighted by Crippen LogP contribution is 2.19. The first kappa shape index (κ1) is 13.2. The van der Waals surface area contributed by atoms with E-state index in [2.05, 4.69) is 10.3 Å². The topological polar surface area (TPSA) is 44.9 Å².